The van der Waals surface area contributed by atoms with E-state index < -0.39 is 10.8 Å². The predicted octanol–water partition coefficient (Wildman–Crippen LogP) is 3.90. The standard InChI is InChI=1S/C14H15ClO2S2/c1-17-14-5-4-12(15)9-11(14)10-19(16)8-6-13-3-2-7-18-13/h2-5,7,9H,6,8,10H2,1H3. The van der Waals surface area contributed by atoms with Gasteiger partial charge in [-0.05, 0) is 36.1 Å². The van der Waals surface area contributed by atoms with Crippen molar-refractivity contribution in [1.29, 1.82) is 0 Å². The quantitative estimate of drug-likeness (QED) is 0.808. The van der Waals surface area contributed by atoms with Crippen molar-refractivity contribution in [2.75, 3.05) is 12.9 Å². The van der Waals surface area contributed by atoms with E-state index in [0.717, 1.165) is 17.7 Å². The van der Waals surface area contributed by atoms with E-state index >= 15 is 0 Å². The van der Waals surface area contributed by atoms with Crippen molar-refractivity contribution < 1.29 is 8.95 Å². The summed E-state index contributed by atoms with van der Waals surface area (Å²) < 4.78 is 17.4. The van der Waals surface area contributed by atoms with Crippen LogP contribution in [0.2, 0.25) is 5.02 Å². The summed E-state index contributed by atoms with van der Waals surface area (Å²) in [6.07, 6.45) is 0.854. The number of thiophene rings is 1. The maximum Gasteiger partial charge on any atom is 0.123 e. The third-order valence-corrected chi connectivity index (χ3v) is 5.18. The molecule has 0 aliphatic carbocycles. The van der Waals surface area contributed by atoms with E-state index in [9.17, 15) is 4.21 Å². The van der Waals surface area contributed by atoms with Crippen molar-refractivity contribution >= 4 is 33.7 Å². The first-order chi connectivity index (χ1) is 9.19. The molecule has 1 atom stereocenters. The molecule has 0 N–H and O–H groups in total. The normalized spacial score (nSPS) is 12.3. The Hall–Kier alpha value is -0.840. The third-order valence-electron chi connectivity index (χ3n) is 2.72. The van der Waals surface area contributed by atoms with E-state index in [1.807, 2.05) is 23.6 Å². The molecule has 19 heavy (non-hydrogen) atoms. The van der Waals surface area contributed by atoms with E-state index in [1.165, 1.54) is 4.88 Å². The highest BCUT2D eigenvalue weighted by Gasteiger charge is 2.09. The number of hydrogen-bond acceptors (Lipinski definition) is 3. The van der Waals surface area contributed by atoms with Crippen molar-refractivity contribution in [1.82, 2.24) is 0 Å². The highest BCUT2D eigenvalue weighted by atomic mass is 35.5. The van der Waals surface area contributed by atoms with Gasteiger partial charge in [0.2, 0.25) is 0 Å². The van der Waals surface area contributed by atoms with E-state index in [-0.39, 0.29) is 0 Å². The van der Waals surface area contributed by atoms with E-state index in [0.29, 0.717) is 16.5 Å². The Labute approximate surface area is 124 Å². The topological polar surface area (TPSA) is 26.3 Å². The molecule has 1 aromatic heterocycles. The van der Waals surface area contributed by atoms with Crippen LogP contribution in [0.15, 0.2) is 35.7 Å². The van der Waals surface area contributed by atoms with Crippen LogP contribution in [0.5, 0.6) is 5.75 Å². The molecule has 1 heterocycles. The van der Waals surface area contributed by atoms with Gasteiger partial charge in [-0.3, -0.25) is 4.21 Å². The lowest BCUT2D eigenvalue weighted by Crippen LogP contribution is -2.04. The van der Waals surface area contributed by atoms with Gasteiger partial charge in [-0.2, -0.15) is 0 Å². The van der Waals surface area contributed by atoms with Crippen molar-refractivity contribution in [2.45, 2.75) is 12.2 Å². The average molecular weight is 315 g/mol. The van der Waals surface area contributed by atoms with Crippen LogP contribution in [0.1, 0.15) is 10.4 Å². The Balaban J connectivity index is 1.96. The summed E-state index contributed by atoms with van der Waals surface area (Å²) in [7, 11) is 0.705. The van der Waals surface area contributed by atoms with Crippen molar-refractivity contribution in [2.24, 2.45) is 0 Å². The molecule has 1 unspecified atom stereocenters. The highest BCUT2D eigenvalue weighted by Crippen LogP contribution is 2.24. The molecule has 0 bridgehead atoms. The summed E-state index contributed by atoms with van der Waals surface area (Å²) in [5, 5.41) is 2.68. The Morgan fingerprint density at radius 2 is 2.21 bits per heavy atom. The SMILES string of the molecule is COc1ccc(Cl)cc1CS(=O)CCc1cccs1. The maximum atomic E-state index is 12.1. The zero-order valence-electron chi connectivity index (χ0n) is 10.6. The summed E-state index contributed by atoms with van der Waals surface area (Å²) in [6, 6.07) is 9.50. The minimum absolute atomic E-state index is 0.481. The summed E-state index contributed by atoms with van der Waals surface area (Å²) in [4.78, 5) is 1.27. The lowest BCUT2D eigenvalue weighted by molar-refractivity contribution is 0.411. The summed E-state index contributed by atoms with van der Waals surface area (Å²) in [5.74, 6) is 1.89. The van der Waals surface area contributed by atoms with Gasteiger partial charge in [0.05, 0.1) is 12.9 Å². The Morgan fingerprint density at radius 1 is 1.37 bits per heavy atom. The average Bonchev–Trinajstić information content (AvgIpc) is 2.90. The van der Waals surface area contributed by atoms with Gasteiger partial charge in [0.15, 0.2) is 0 Å². The Bertz CT molecular complexity index is 553. The number of halogens is 1. The lowest BCUT2D eigenvalue weighted by atomic mass is 10.2. The molecule has 0 radical (unpaired) electrons. The zero-order chi connectivity index (χ0) is 13.7. The minimum atomic E-state index is -0.908. The number of ether oxygens (including phenoxy) is 1. The molecule has 2 aromatic rings. The molecular formula is C14H15ClO2S2. The van der Waals surface area contributed by atoms with Crippen LogP contribution < -0.4 is 4.74 Å². The number of methoxy groups -OCH3 is 1. The molecule has 0 saturated heterocycles. The molecule has 0 saturated carbocycles. The number of aryl methyl sites for hydroxylation is 1. The number of hydrogen-bond donors (Lipinski definition) is 0. The Kier molecular flexibility index (Phi) is 5.43. The van der Waals surface area contributed by atoms with E-state index in [4.69, 9.17) is 16.3 Å². The van der Waals surface area contributed by atoms with Gasteiger partial charge in [0.1, 0.15) is 5.75 Å². The number of benzene rings is 1. The van der Waals surface area contributed by atoms with E-state index in [2.05, 4.69) is 6.07 Å². The van der Waals surface area contributed by atoms with Crippen molar-refractivity contribution in [3.05, 3.63) is 51.2 Å². The monoisotopic (exact) mass is 314 g/mol. The van der Waals surface area contributed by atoms with Crippen LogP contribution in [0.4, 0.5) is 0 Å². The molecule has 0 fully saturated rings. The fraction of sp³-hybridized carbons (Fsp3) is 0.286. The molecule has 0 aliphatic heterocycles. The van der Waals surface area contributed by atoms with Gasteiger partial charge >= 0.3 is 0 Å². The van der Waals surface area contributed by atoms with Gasteiger partial charge < -0.3 is 4.74 Å². The fourth-order valence-corrected chi connectivity index (χ4v) is 3.97. The second kappa shape index (κ2) is 7.08. The molecule has 0 spiro atoms. The smallest absolute Gasteiger partial charge is 0.123 e. The molecule has 0 aliphatic rings. The van der Waals surface area contributed by atoms with Crippen molar-refractivity contribution in [3.8, 4) is 5.75 Å². The third kappa shape index (κ3) is 4.34. The molecule has 2 nitrogen and oxygen atoms in total. The van der Waals surface area contributed by atoms with Crippen molar-refractivity contribution in [3.63, 3.8) is 0 Å². The van der Waals surface area contributed by atoms with Crippen LogP contribution in [-0.4, -0.2) is 17.1 Å². The van der Waals surface area contributed by atoms with Crippen LogP contribution in [0.3, 0.4) is 0 Å². The van der Waals surface area contributed by atoms with Gasteiger partial charge in [-0.25, -0.2) is 0 Å². The summed E-state index contributed by atoms with van der Waals surface area (Å²) in [6.45, 7) is 0. The van der Waals surface area contributed by atoms with Crippen LogP contribution >= 0.6 is 22.9 Å². The second-order valence-corrected chi connectivity index (χ2v) is 7.12. The first-order valence-corrected chi connectivity index (χ1v) is 8.63. The fourth-order valence-electron chi connectivity index (χ4n) is 1.77. The molecule has 0 amide bonds. The van der Waals surface area contributed by atoms with Crippen LogP contribution in [0, 0.1) is 0 Å². The van der Waals surface area contributed by atoms with Gasteiger partial charge in [-0.15, -0.1) is 11.3 Å². The minimum Gasteiger partial charge on any atom is -0.496 e. The predicted molar refractivity (Wildman–Crippen MR) is 82.7 cm³/mol. The van der Waals surface area contributed by atoms with Gasteiger partial charge in [0, 0.05) is 32.0 Å². The second-order valence-electron chi connectivity index (χ2n) is 4.07. The molecule has 102 valence electrons. The van der Waals surface area contributed by atoms with Crippen LogP contribution in [0.25, 0.3) is 0 Å². The summed E-state index contributed by atoms with van der Waals surface area (Å²) in [5.41, 5.74) is 0.902. The zero-order valence-corrected chi connectivity index (χ0v) is 13.0. The molecular weight excluding hydrogens is 300 g/mol. The first kappa shape index (κ1) is 14.6. The number of rotatable bonds is 6. The molecule has 2 rings (SSSR count). The Morgan fingerprint density at radius 3 is 2.89 bits per heavy atom. The van der Waals surface area contributed by atoms with E-state index in [1.54, 1.807) is 24.5 Å². The van der Waals surface area contributed by atoms with Crippen LogP contribution in [-0.2, 0) is 23.0 Å². The van der Waals surface area contributed by atoms with Gasteiger partial charge in [0.25, 0.3) is 0 Å². The molecule has 1 aromatic carbocycles. The first-order valence-electron chi connectivity index (χ1n) is 5.89. The highest BCUT2D eigenvalue weighted by molar-refractivity contribution is 7.84. The summed E-state index contributed by atoms with van der Waals surface area (Å²) >= 11 is 7.66. The largest absolute Gasteiger partial charge is 0.496 e. The molecule has 5 heteroatoms. The lowest BCUT2D eigenvalue weighted by Gasteiger charge is -2.08. The van der Waals surface area contributed by atoms with Gasteiger partial charge in [-0.1, -0.05) is 17.7 Å². The maximum absolute atomic E-state index is 12.1.